The third kappa shape index (κ3) is 5.45. The van der Waals surface area contributed by atoms with Crippen LogP contribution in [0.25, 0.3) is 0 Å². The van der Waals surface area contributed by atoms with Crippen LogP contribution in [0.1, 0.15) is 32.4 Å². The molecule has 1 aliphatic heterocycles. The first-order chi connectivity index (χ1) is 12.0. The molecule has 0 unspecified atom stereocenters. The number of ether oxygens (including phenoxy) is 2. The van der Waals surface area contributed by atoms with Crippen LogP contribution >= 0.6 is 34.8 Å². The average molecular weight is 427 g/mol. The summed E-state index contributed by atoms with van der Waals surface area (Å²) < 4.78 is 8.32. The first kappa shape index (κ1) is 21.2. The predicted octanol–water partition coefficient (Wildman–Crippen LogP) is 2.86. The van der Waals surface area contributed by atoms with Crippen molar-refractivity contribution < 1.29 is 14.3 Å². The van der Waals surface area contributed by atoms with Crippen molar-refractivity contribution in [1.82, 2.24) is 19.9 Å². The number of likely N-dealkylation sites (N-methyl/N-ethyl adjacent to an activating group) is 1. The van der Waals surface area contributed by atoms with E-state index in [2.05, 4.69) is 19.9 Å². The van der Waals surface area contributed by atoms with Crippen molar-refractivity contribution in [3.8, 4) is 0 Å². The van der Waals surface area contributed by atoms with Gasteiger partial charge < -0.3 is 19.3 Å². The van der Waals surface area contributed by atoms with Crippen molar-refractivity contribution in [3.63, 3.8) is 0 Å². The molecular weight excluding hydrogens is 405 g/mol. The van der Waals surface area contributed by atoms with Gasteiger partial charge in [0.25, 0.3) is 0 Å². The van der Waals surface area contributed by atoms with E-state index in [4.69, 9.17) is 44.3 Å². The van der Waals surface area contributed by atoms with Gasteiger partial charge in [0.05, 0.1) is 6.61 Å². The minimum absolute atomic E-state index is 0.0260. The zero-order chi connectivity index (χ0) is 19.5. The number of carbonyl (C=O) groups is 1. The average Bonchev–Trinajstić information content (AvgIpc) is 2.54. The Bertz CT molecular complexity index is 646. The Morgan fingerprint density at radius 1 is 1.08 bits per heavy atom. The summed E-state index contributed by atoms with van der Waals surface area (Å²) in [6, 6.07) is 0. The number of nitrogens with zero attached hydrogens (tertiary/aromatic N) is 5. The minimum atomic E-state index is -1.83. The molecule has 0 amide bonds. The minimum Gasteiger partial charge on any atom is -0.435 e. The number of piperazine rings is 1. The van der Waals surface area contributed by atoms with Crippen LogP contribution in [0.3, 0.4) is 0 Å². The number of anilines is 1. The van der Waals surface area contributed by atoms with E-state index in [1.165, 1.54) is 0 Å². The number of alkyl halides is 3. The van der Waals surface area contributed by atoms with Gasteiger partial charge in [-0.3, -0.25) is 0 Å². The summed E-state index contributed by atoms with van der Waals surface area (Å²) in [6.45, 7) is 8.29. The van der Waals surface area contributed by atoms with Gasteiger partial charge in [0.2, 0.25) is 9.74 Å². The molecular formula is C15H22Cl3N5O3. The molecule has 0 bridgehead atoms. The molecule has 1 aromatic rings. The first-order valence-corrected chi connectivity index (χ1v) is 9.29. The lowest BCUT2D eigenvalue weighted by Gasteiger charge is -2.33. The molecule has 8 nitrogen and oxygen atoms in total. The van der Waals surface area contributed by atoms with E-state index in [0.717, 1.165) is 26.2 Å². The molecule has 2 heterocycles. The highest BCUT2D eigenvalue weighted by Gasteiger charge is 2.35. The van der Waals surface area contributed by atoms with E-state index < -0.39 is 15.5 Å². The first-order valence-electron chi connectivity index (χ1n) is 8.16. The summed E-state index contributed by atoms with van der Waals surface area (Å²) >= 11 is 18.0. The van der Waals surface area contributed by atoms with Gasteiger partial charge in [-0.25, -0.2) is 9.78 Å². The fourth-order valence-electron chi connectivity index (χ4n) is 2.31. The van der Waals surface area contributed by atoms with E-state index >= 15 is 0 Å². The van der Waals surface area contributed by atoms with Crippen molar-refractivity contribution >= 4 is 46.9 Å². The van der Waals surface area contributed by atoms with Gasteiger partial charge in [-0.15, -0.1) is 0 Å². The second-order valence-corrected chi connectivity index (χ2v) is 8.65. The van der Waals surface area contributed by atoms with Gasteiger partial charge in [0.1, 0.15) is 0 Å². The molecule has 146 valence electrons. The second-order valence-electron chi connectivity index (χ2n) is 6.37. The molecule has 1 fully saturated rings. The van der Waals surface area contributed by atoms with Gasteiger partial charge in [-0.2, -0.15) is 9.97 Å². The highest BCUT2D eigenvalue weighted by Crippen LogP contribution is 2.37. The van der Waals surface area contributed by atoms with Crippen molar-refractivity contribution in [2.75, 3.05) is 44.7 Å². The summed E-state index contributed by atoms with van der Waals surface area (Å²) in [7, 11) is 2.04. The molecule has 0 spiro atoms. The van der Waals surface area contributed by atoms with Crippen LogP contribution in [0.2, 0.25) is 0 Å². The number of aromatic nitrogens is 3. The van der Waals surface area contributed by atoms with E-state index in [-0.39, 0.29) is 18.3 Å². The van der Waals surface area contributed by atoms with Gasteiger partial charge >= 0.3 is 6.16 Å². The summed E-state index contributed by atoms with van der Waals surface area (Å²) in [6.07, 6.45) is -0.825. The van der Waals surface area contributed by atoms with Gasteiger partial charge in [-0.1, -0.05) is 34.8 Å². The van der Waals surface area contributed by atoms with Gasteiger partial charge in [0.15, 0.2) is 17.2 Å². The Kier molecular flexibility index (Phi) is 6.76. The summed E-state index contributed by atoms with van der Waals surface area (Å²) in [5, 5.41) is 0. The summed E-state index contributed by atoms with van der Waals surface area (Å²) in [5.74, 6) is 0.530. The zero-order valence-electron chi connectivity index (χ0n) is 15.1. The number of hydrogen-bond donors (Lipinski definition) is 0. The van der Waals surface area contributed by atoms with Crippen LogP contribution in [0.15, 0.2) is 0 Å². The molecule has 0 aliphatic carbocycles. The quantitative estimate of drug-likeness (QED) is 0.537. The Hall–Kier alpha value is -1.09. The lowest BCUT2D eigenvalue weighted by Crippen LogP contribution is -2.45. The predicted molar refractivity (Wildman–Crippen MR) is 99.9 cm³/mol. The van der Waals surface area contributed by atoms with Crippen LogP contribution in [-0.4, -0.2) is 65.8 Å². The van der Waals surface area contributed by atoms with Crippen LogP contribution in [-0.2, 0) is 18.9 Å². The third-order valence-electron chi connectivity index (χ3n) is 3.80. The molecule has 0 aromatic carbocycles. The fourth-order valence-corrected chi connectivity index (χ4v) is 2.56. The van der Waals surface area contributed by atoms with Crippen molar-refractivity contribution in [2.45, 2.75) is 30.2 Å². The standard InChI is InChI=1S/C15H22Cl3N5O3/c1-5-25-13(24)26-14(2,3)10-19-11(15(16,17)18)21-12(20-10)23-8-6-22(4)7-9-23/h5-9H2,1-4H3. The zero-order valence-corrected chi connectivity index (χ0v) is 17.4. The number of halogens is 3. The van der Waals surface area contributed by atoms with E-state index in [9.17, 15) is 4.79 Å². The Morgan fingerprint density at radius 3 is 2.19 bits per heavy atom. The highest BCUT2D eigenvalue weighted by atomic mass is 35.6. The Balaban J connectivity index is 2.38. The second kappa shape index (κ2) is 8.29. The molecule has 1 aliphatic rings. The van der Waals surface area contributed by atoms with E-state index in [0.29, 0.717) is 5.95 Å². The highest BCUT2D eigenvalue weighted by molar-refractivity contribution is 6.66. The molecule has 0 radical (unpaired) electrons. The number of rotatable bonds is 4. The molecule has 0 atom stereocenters. The number of carbonyl (C=O) groups excluding carboxylic acids is 1. The lowest BCUT2D eigenvalue weighted by atomic mass is 10.1. The van der Waals surface area contributed by atoms with Gasteiger partial charge in [0, 0.05) is 26.2 Å². The van der Waals surface area contributed by atoms with Crippen LogP contribution in [0.5, 0.6) is 0 Å². The smallest absolute Gasteiger partial charge is 0.435 e. The third-order valence-corrected chi connectivity index (χ3v) is 4.31. The maximum absolute atomic E-state index is 11.7. The summed E-state index contributed by atoms with van der Waals surface area (Å²) in [4.78, 5) is 28.9. The molecule has 2 rings (SSSR count). The molecule has 1 saturated heterocycles. The maximum Gasteiger partial charge on any atom is 0.509 e. The SMILES string of the molecule is CCOC(=O)OC(C)(C)c1nc(N2CCN(C)CC2)nc(C(Cl)(Cl)Cl)n1. The lowest BCUT2D eigenvalue weighted by molar-refractivity contribution is -0.0218. The van der Waals surface area contributed by atoms with Crippen LogP contribution in [0, 0.1) is 0 Å². The Morgan fingerprint density at radius 2 is 1.65 bits per heavy atom. The van der Waals surface area contributed by atoms with Crippen molar-refractivity contribution in [3.05, 3.63) is 11.6 Å². The molecule has 1 aromatic heterocycles. The van der Waals surface area contributed by atoms with E-state index in [1.54, 1.807) is 20.8 Å². The van der Waals surface area contributed by atoms with Crippen molar-refractivity contribution in [1.29, 1.82) is 0 Å². The normalized spacial score (nSPS) is 16.5. The van der Waals surface area contributed by atoms with Gasteiger partial charge in [-0.05, 0) is 27.8 Å². The molecule has 26 heavy (non-hydrogen) atoms. The Labute approximate surface area is 167 Å². The maximum atomic E-state index is 11.7. The monoisotopic (exact) mass is 425 g/mol. The molecule has 0 N–H and O–H groups in total. The summed E-state index contributed by atoms with van der Waals surface area (Å²) in [5.41, 5.74) is -1.19. The van der Waals surface area contributed by atoms with E-state index in [1.807, 2.05) is 11.9 Å². The molecule has 11 heteroatoms. The largest absolute Gasteiger partial charge is 0.509 e. The van der Waals surface area contributed by atoms with Crippen molar-refractivity contribution in [2.24, 2.45) is 0 Å². The molecule has 0 saturated carbocycles. The number of hydrogen-bond acceptors (Lipinski definition) is 8. The van der Waals surface area contributed by atoms with Crippen LogP contribution < -0.4 is 4.90 Å². The topological polar surface area (TPSA) is 80.7 Å². The van der Waals surface area contributed by atoms with Crippen LogP contribution in [0.4, 0.5) is 10.7 Å². The fraction of sp³-hybridized carbons (Fsp3) is 0.733.